The van der Waals surface area contributed by atoms with Gasteiger partial charge in [0, 0.05) is 4.47 Å². The van der Waals surface area contributed by atoms with Gasteiger partial charge in [-0.1, -0.05) is 22.0 Å². The van der Waals surface area contributed by atoms with Crippen LogP contribution in [0.25, 0.3) is 0 Å². The molecule has 16 heavy (non-hydrogen) atoms. The number of carbonyl (C=O) groups is 2. The Labute approximate surface area is 101 Å². The van der Waals surface area contributed by atoms with E-state index < -0.39 is 18.4 Å². The summed E-state index contributed by atoms with van der Waals surface area (Å²) >= 11 is 3.21. The van der Waals surface area contributed by atoms with Gasteiger partial charge in [-0.15, -0.1) is 0 Å². The fourth-order valence-corrected chi connectivity index (χ4v) is 1.54. The zero-order valence-corrected chi connectivity index (χ0v) is 9.77. The quantitative estimate of drug-likeness (QED) is 0.896. The number of benzene rings is 1. The summed E-state index contributed by atoms with van der Waals surface area (Å²) in [6.45, 7) is 0. The zero-order chi connectivity index (χ0) is 12.1. The van der Waals surface area contributed by atoms with Crippen molar-refractivity contribution in [1.29, 1.82) is 5.26 Å². The Bertz CT molecular complexity index is 467. The molecule has 0 heterocycles. The highest BCUT2D eigenvalue weighted by atomic mass is 79.9. The molecular formula is C10H8BrN3O2. The first-order valence-corrected chi connectivity index (χ1v) is 5.10. The van der Waals surface area contributed by atoms with Gasteiger partial charge in [0.15, 0.2) is 0 Å². The van der Waals surface area contributed by atoms with E-state index in [9.17, 15) is 9.59 Å². The largest absolute Gasteiger partial charge is 0.351 e. The molecule has 6 heteroatoms. The Hall–Kier alpha value is -1.87. The van der Waals surface area contributed by atoms with Crippen LogP contribution in [-0.2, 0) is 4.79 Å². The lowest BCUT2D eigenvalue weighted by Crippen LogP contribution is -2.40. The topological polar surface area (TPSA) is 87.2 Å². The first-order valence-electron chi connectivity index (χ1n) is 4.31. The normalized spacial score (nSPS) is 9.25. The standard InChI is InChI=1S/C10H8BrN3O2/c11-7-2-1-3-8(6-7)14(10(13)16)9(15)4-5-12/h1-3,6H,4H2,(H2,13,16). The number of rotatable bonds is 2. The summed E-state index contributed by atoms with van der Waals surface area (Å²) in [4.78, 5) is 23.4. The molecule has 0 saturated heterocycles. The van der Waals surface area contributed by atoms with E-state index in [1.54, 1.807) is 30.3 Å². The number of nitrogens with two attached hydrogens (primary N) is 1. The van der Waals surface area contributed by atoms with Crippen LogP contribution in [0.2, 0.25) is 0 Å². The monoisotopic (exact) mass is 281 g/mol. The predicted octanol–water partition coefficient (Wildman–Crippen LogP) is 1.77. The van der Waals surface area contributed by atoms with E-state index >= 15 is 0 Å². The third kappa shape index (κ3) is 2.81. The van der Waals surface area contributed by atoms with Crippen molar-refractivity contribution in [3.05, 3.63) is 28.7 Å². The lowest BCUT2D eigenvalue weighted by molar-refractivity contribution is -0.116. The third-order valence-corrected chi connectivity index (χ3v) is 2.26. The van der Waals surface area contributed by atoms with E-state index in [-0.39, 0.29) is 0 Å². The van der Waals surface area contributed by atoms with Gasteiger partial charge < -0.3 is 5.73 Å². The summed E-state index contributed by atoms with van der Waals surface area (Å²) in [5, 5.41) is 8.41. The van der Waals surface area contributed by atoms with Gasteiger partial charge in [-0.25, -0.2) is 9.69 Å². The Morgan fingerprint density at radius 3 is 2.69 bits per heavy atom. The molecule has 1 aromatic carbocycles. The first kappa shape index (κ1) is 12.2. The number of anilines is 1. The molecule has 5 nitrogen and oxygen atoms in total. The van der Waals surface area contributed by atoms with E-state index in [1.165, 1.54) is 0 Å². The summed E-state index contributed by atoms with van der Waals surface area (Å²) in [5.74, 6) is -0.645. The second-order valence-electron chi connectivity index (χ2n) is 2.88. The van der Waals surface area contributed by atoms with Crippen molar-refractivity contribution in [2.75, 3.05) is 4.90 Å². The SMILES string of the molecule is N#CCC(=O)N(C(N)=O)c1cccc(Br)c1. The van der Waals surface area contributed by atoms with Crippen LogP contribution in [0.15, 0.2) is 28.7 Å². The molecule has 0 unspecified atom stereocenters. The van der Waals surface area contributed by atoms with Gasteiger partial charge in [0.25, 0.3) is 0 Å². The number of hydrogen-bond donors (Lipinski definition) is 1. The molecule has 0 radical (unpaired) electrons. The highest BCUT2D eigenvalue weighted by Gasteiger charge is 2.20. The van der Waals surface area contributed by atoms with E-state index in [2.05, 4.69) is 15.9 Å². The van der Waals surface area contributed by atoms with Crippen LogP contribution in [0.5, 0.6) is 0 Å². The molecule has 0 fully saturated rings. The van der Waals surface area contributed by atoms with Crippen LogP contribution in [0, 0.1) is 11.3 Å². The fourth-order valence-electron chi connectivity index (χ4n) is 1.16. The minimum absolute atomic E-state index is 0.335. The summed E-state index contributed by atoms with van der Waals surface area (Å²) in [7, 11) is 0. The maximum atomic E-state index is 11.5. The zero-order valence-electron chi connectivity index (χ0n) is 8.18. The Morgan fingerprint density at radius 2 is 2.19 bits per heavy atom. The lowest BCUT2D eigenvalue weighted by atomic mass is 10.2. The average molecular weight is 282 g/mol. The van der Waals surface area contributed by atoms with Crippen LogP contribution < -0.4 is 10.6 Å². The van der Waals surface area contributed by atoms with Crippen LogP contribution in [-0.4, -0.2) is 11.9 Å². The molecular weight excluding hydrogens is 274 g/mol. The lowest BCUT2D eigenvalue weighted by Gasteiger charge is -2.17. The molecule has 0 spiro atoms. The van der Waals surface area contributed by atoms with Crippen LogP contribution >= 0.6 is 15.9 Å². The minimum atomic E-state index is -0.904. The van der Waals surface area contributed by atoms with E-state index in [0.29, 0.717) is 10.2 Å². The molecule has 0 saturated carbocycles. The molecule has 0 aromatic heterocycles. The number of hydrogen-bond acceptors (Lipinski definition) is 3. The first-order chi connectivity index (χ1) is 7.56. The molecule has 1 rings (SSSR count). The Kier molecular flexibility index (Phi) is 4.03. The maximum Gasteiger partial charge on any atom is 0.326 e. The van der Waals surface area contributed by atoms with Crippen molar-refractivity contribution in [2.24, 2.45) is 5.73 Å². The van der Waals surface area contributed by atoms with Gasteiger partial charge in [-0.05, 0) is 18.2 Å². The number of nitriles is 1. The number of nitrogens with zero attached hydrogens (tertiary/aromatic N) is 2. The van der Waals surface area contributed by atoms with Crippen molar-refractivity contribution in [3.63, 3.8) is 0 Å². The van der Waals surface area contributed by atoms with Gasteiger partial charge >= 0.3 is 6.03 Å². The van der Waals surface area contributed by atoms with Gasteiger partial charge in [-0.3, -0.25) is 4.79 Å². The predicted molar refractivity (Wildman–Crippen MR) is 61.4 cm³/mol. The van der Waals surface area contributed by atoms with Crippen LogP contribution in [0.3, 0.4) is 0 Å². The summed E-state index contributed by atoms with van der Waals surface area (Å²) in [6, 6.07) is 7.31. The van der Waals surface area contributed by atoms with Gasteiger partial charge in [0.1, 0.15) is 6.42 Å². The molecule has 0 atom stereocenters. The number of urea groups is 1. The van der Waals surface area contributed by atoms with Crippen molar-refractivity contribution in [3.8, 4) is 6.07 Å². The number of carbonyl (C=O) groups excluding carboxylic acids is 2. The van der Waals surface area contributed by atoms with Crippen molar-refractivity contribution in [2.45, 2.75) is 6.42 Å². The minimum Gasteiger partial charge on any atom is -0.351 e. The number of primary amides is 1. The summed E-state index contributed by atoms with van der Waals surface area (Å²) in [5.41, 5.74) is 5.43. The van der Waals surface area contributed by atoms with Crippen LogP contribution in [0.4, 0.5) is 10.5 Å². The average Bonchev–Trinajstić information content (AvgIpc) is 2.17. The highest BCUT2D eigenvalue weighted by Crippen LogP contribution is 2.20. The molecule has 0 aliphatic carbocycles. The van der Waals surface area contributed by atoms with E-state index in [1.807, 2.05) is 0 Å². The summed E-state index contributed by atoms with van der Waals surface area (Å²) < 4.78 is 0.709. The third-order valence-electron chi connectivity index (χ3n) is 1.77. The second-order valence-corrected chi connectivity index (χ2v) is 3.80. The number of imide groups is 1. The van der Waals surface area contributed by atoms with Crippen molar-refractivity contribution in [1.82, 2.24) is 0 Å². The molecule has 1 aromatic rings. The smallest absolute Gasteiger partial charge is 0.326 e. The summed E-state index contributed by atoms with van der Waals surface area (Å²) in [6.07, 6.45) is -0.393. The highest BCUT2D eigenvalue weighted by molar-refractivity contribution is 9.10. The van der Waals surface area contributed by atoms with Crippen molar-refractivity contribution >= 4 is 33.6 Å². The number of amides is 3. The molecule has 82 valence electrons. The van der Waals surface area contributed by atoms with Gasteiger partial charge in [0.2, 0.25) is 5.91 Å². The maximum absolute atomic E-state index is 11.5. The van der Waals surface area contributed by atoms with Crippen molar-refractivity contribution < 1.29 is 9.59 Å². The van der Waals surface area contributed by atoms with Crippen LogP contribution in [0.1, 0.15) is 6.42 Å². The number of halogens is 1. The molecule has 0 aliphatic heterocycles. The van der Waals surface area contributed by atoms with Gasteiger partial charge in [-0.2, -0.15) is 5.26 Å². The van der Waals surface area contributed by atoms with E-state index in [0.717, 1.165) is 4.90 Å². The second kappa shape index (κ2) is 5.28. The van der Waals surface area contributed by atoms with Gasteiger partial charge in [0.05, 0.1) is 11.8 Å². The molecule has 0 aliphatic rings. The molecule has 0 bridgehead atoms. The Balaban J connectivity index is 3.09. The Morgan fingerprint density at radius 1 is 1.50 bits per heavy atom. The molecule has 2 N–H and O–H groups in total. The molecule has 3 amide bonds. The van der Waals surface area contributed by atoms with E-state index in [4.69, 9.17) is 11.0 Å². The fraction of sp³-hybridized carbons (Fsp3) is 0.100.